The average molecular weight is 420 g/mol. The van der Waals surface area contributed by atoms with Crippen molar-refractivity contribution in [3.05, 3.63) is 65.4 Å². The lowest BCUT2D eigenvalue weighted by atomic mass is 10.1. The third-order valence-corrected chi connectivity index (χ3v) is 4.81. The molecule has 0 atom stereocenters. The van der Waals surface area contributed by atoms with E-state index in [4.69, 9.17) is 0 Å². The smallest absolute Gasteiger partial charge is 0.419 e. The number of carbonyl (C=O) groups excluding carboxylic acids is 2. The predicted molar refractivity (Wildman–Crippen MR) is 104 cm³/mol. The minimum atomic E-state index is -4.38. The van der Waals surface area contributed by atoms with E-state index >= 15 is 0 Å². The molecule has 2 aromatic rings. The molecule has 0 radical (unpaired) electrons. The molecule has 1 aromatic carbocycles. The molecule has 6 nitrogen and oxygen atoms in total. The normalized spacial score (nSPS) is 14.8. The van der Waals surface area contributed by atoms with Gasteiger partial charge in [0.15, 0.2) is 0 Å². The van der Waals surface area contributed by atoms with Gasteiger partial charge < -0.3 is 9.64 Å². The van der Waals surface area contributed by atoms with Crippen LogP contribution in [0.2, 0.25) is 0 Å². The maximum absolute atomic E-state index is 12.7. The molecule has 2 heterocycles. The van der Waals surface area contributed by atoms with E-state index in [1.54, 1.807) is 35.2 Å². The lowest BCUT2D eigenvalue weighted by Gasteiger charge is -2.30. The van der Waals surface area contributed by atoms with Crippen molar-refractivity contribution in [1.29, 1.82) is 0 Å². The predicted octanol–water partition coefficient (Wildman–Crippen LogP) is 2.67. The van der Waals surface area contributed by atoms with Crippen LogP contribution in [0.1, 0.15) is 21.5 Å². The topological polar surface area (TPSA) is 64.0 Å². The SMILES string of the molecule is COC(=O)c1ccc(/C=C/C(=O)N2CCN(c3ccc(C(F)(F)F)c[nH+]3)CC2)cc1. The first-order valence-electron chi connectivity index (χ1n) is 9.27. The van der Waals surface area contributed by atoms with Gasteiger partial charge in [0.25, 0.3) is 5.82 Å². The Morgan fingerprint density at radius 1 is 1.03 bits per heavy atom. The number of alkyl halides is 3. The van der Waals surface area contributed by atoms with Gasteiger partial charge in [0.1, 0.15) is 19.3 Å². The van der Waals surface area contributed by atoms with E-state index < -0.39 is 17.7 Å². The molecule has 0 unspecified atom stereocenters. The van der Waals surface area contributed by atoms with Gasteiger partial charge in [0.2, 0.25) is 5.91 Å². The highest BCUT2D eigenvalue weighted by molar-refractivity contribution is 5.92. The van der Waals surface area contributed by atoms with Crippen LogP contribution in [0.3, 0.4) is 0 Å². The number of nitrogens with one attached hydrogen (secondary N) is 1. The number of benzene rings is 1. The summed E-state index contributed by atoms with van der Waals surface area (Å²) >= 11 is 0. The first kappa shape index (κ1) is 21.4. The summed E-state index contributed by atoms with van der Waals surface area (Å²) in [7, 11) is 1.31. The molecule has 0 saturated carbocycles. The molecule has 158 valence electrons. The number of hydrogen-bond acceptors (Lipinski definition) is 4. The van der Waals surface area contributed by atoms with E-state index in [1.807, 2.05) is 4.90 Å². The fourth-order valence-corrected chi connectivity index (χ4v) is 3.08. The van der Waals surface area contributed by atoms with E-state index in [9.17, 15) is 22.8 Å². The maximum atomic E-state index is 12.7. The van der Waals surface area contributed by atoms with Crippen molar-refractivity contribution < 1.29 is 32.5 Å². The molecule has 0 bridgehead atoms. The quantitative estimate of drug-likeness (QED) is 0.564. The van der Waals surface area contributed by atoms with Gasteiger partial charge in [0, 0.05) is 12.1 Å². The number of ether oxygens (including phenoxy) is 1. The summed E-state index contributed by atoms with van der Waals surface area (Å²) in [6, 6.07) is 9.11. The third-order valence-electron chi connectivity index (χ3n) is 4.81. The standard InChI is InChI=1S/C21H20F3N3O3/c1-30-20(29)16-5-2-15(3-6-16)4-9-19(28)27-12-10-26(11-13-27)18-8-7-17(14-25-18)21(22,23)24/h2-9,14H,10-13H2,1H3/p+1/b9-4+. The highest BCUT2D eigenvalue weighted by Crippen LogP contribution is 2.28. The molecule has 3 rings (SSSR count). The Morgan fingerprint density at radius 3 is 2.23 bits per heavy atom. The van der Waals surface area contributed by atoms with Crippen molar-refractivity contribution >= 4 is 23.8 Å². The molecular formula is C21H21F3N3O3+. The number of esters is 1. The number of nitrogens with zero attached hydrogens (tertiary/aromatic N) is 2. The number of halogens is 3. The number of methoxy groups -OCH3 is 1. The van der Waals surface area contributed by atoms with E-state index in [0.29, 0.717) is 37.6 Å². The van der Waals surface area contributed by atoms with E-state index in [-0.39, 0.29) is 5.91 Å². The number of aromatic nitrogens is 1. The summed E-state index contributed by atoms with van der Waals surface area (Å²) in [6.45, 7) is 1.93. The number of aromatic amines is 1. The molecule has 1 aromatic heterocycles. The fourth-order valence-electron chi connectivity index (χ4n) is 3.08. The number of amides is 1. The van der Waals surface area contributed by atoms with Crippen molar-refractivity contribution in [2.75, 3.05) is 38.2 Å². The van der Waals surface area contributed by atoms with Gasteiger partial charge in [-0.3, -0.25) is 9.69 Å². The van der Waals surface area contributed by atoms with Crippen LogP contribution in [0.5, 0.6) is 0 Å². The van der Waals surface area contributed by atoms with Gasteiger partial charge in [-0.2, -0.15) is 13.2 Å². The number of H-pyrrole nitrogens is 1. The van der Waals surface area contributed by atoms with Crippen molar-refractivity contribution in [3.63, 3.8) is 0 Å². The fraction of sp³-hybridized carbons (Fsp3) is 0.286. The van der Waals surface area contributed by atoms with Crippen LogP contribution in [0.4, 0.5) is 19.0 Å². The van der Waals surface area contributed by atoms with Gasteiger partial charge in [0.05, 0.1) is 31.3 Å². The van der Waals surface area contributed by atoms with Gasteiger partial charge >= 0.3 is 12.1 Å². The minimum Gasteiger partial charge on any atom is -0.465 e. The second kappa shape index (κ2) is 8.98. The van der Waals surface area contributed by atoms with Crippen LogP contribution in [0.25, 0.3) is 6.08 Å². The summed E-state index contributed by atoms with van der Waals surface area (Å²) in [5.74, 6) is 0.00389. The molecule has 1 N–H and O–H groups in total. The second-order valence-electron chi connectivity index (χ2n) is 6.72. The Balaban J connectivity index is 1.53. The zero-order valence-electron chi connectivity index (χ0n) is 16.3. The number of carbonyl (C=O) groups is 2. The molecular weight excluding hydrogens is 399 g/mol. The average Bonchev–Trinajstić information content (AvgIpc) is 2.77. The summed E-state index contributed by atoms with van der Waals surface area (Å²) in [4.78, 5) is 30.1. The number of piperazine rings is 1. The van der Waals surface area contributed by atoms with E-state index in [0.717, 1.165) is 17.8 Å². The van der Waals surface area contributed by atoms with Crippen LogP contribution >= 0.6 is 0 Å². The van der Waals surface area contributed by atoms with Crippen molar-refractivity contribution in [2.45, 2.75) is 6.18 Å². The Bertz CT molecular complexity index is 917. The zero-order chi connectivity index (χ0) is 21.7. The summed E-state index contributed by atoms with van der Waals surface area (Å²) < 4.78 is 42.6. The number of pyridine rings is 1. The zero-order valence-corrected chi connectivity index (χ0v) is 16.3. The van der Waals surface area contributed by atoms with Crippen molar-refractivity contribution in [2.24, 2.45) is 0 Å². The van der Waals surface area contributed by atoms with Crippen LogP contribution in [-0.4, -0.2) is 50.1 Å². The van der Waals surface area contributed by atoms with Gasteiger partial charge in [-0.25, -0.2) is 9.78 Å². The van der Waals surface area contributed by atoms with Crippen molar-refractivity contribution in [3.8, 4) is 0 Å². The second-order valence-corrected chi connectivity index (χ2v) is 6.72. The summed E-state index contributed by atoms with van der Waals surface area (Å²) in [5, 5.41) is 0. The molecule has 1 amide bonds. The number of hydrogen-bond donors (Lipinski definition) is 0. The molecule has 0 spiro atoms. The summed E-state index contributed by atoms with van der Waals surface area (Å²) in [5.41, 5.74) is 0.469. The van der Waals surface area contributed by atoms with E-state index in [1.165, 1.54) is 19.3 Å². The molecule has 0 aliphatic carbocycles. The molecule has 1 aliphatic rings. The first-order valence-corrected chi connectivity index (χ1v) is 9.27. The largest absolute Gasteiger partial charge is 0.465 e. The maximum Gasteiger partial charge on any atom is 0.419 e. The number of anilines is 1. The van der Waals surface area contributed by atoms with Gasteiger partial charge in [-0.1, -0.05) is 12.1 Å². The van der Waals surface area contributed by atoms with Gasteiger partial charge in [-0.15, -0.1) is 0 Å². The Labute approximate surface area is 171 Å². The Kier molecular flexibility index (Phi) is 6.39. The van der Waals surface area contributed by atoms with Crippen molar-refractivity contribution in [1.82, 2.24) is 4.90 Å². The molecule has 1 aliphatic heterocycles. The minimum absolute atomic E-state index is 0.150. The first-order chi connectivity index (χ1) is 14.3. The molecule has 1 saturated heterocycles. The van der Waals surface area contributed by atoms with Crippen LogP contribution < -0.4 is 9.88 Å². The monoisotopic (exact) mass is 420 g/mol. The lowest BCUT2D eigenvalue weighted by Crippen LogP contribution is -2.49. The molecule has 30 heavy (non-hydrogen) atoms. The third kappa shape index (κ3) is 5.16. The summed E-state index contributed by atoms with van der Waals surface area (Å²) in [6.07, 6.45) is -0.306. The highest BCUT2D eigenvalue weighted by Gasteiger charge is 2.32. The van der Waals surface area contributed by atoms with Crippen LogP contribution in [0.15, 0.2) is 48.7 Å². The van der Waals surface area contributed by atoms with Crippen LogP contribution in [0, 0.1) is 0 Å². The number of rotatable bonds is 4. The van der Waals surface area contributed by atoms with E-state index in [2.05, 4.69) is 9.72 Å². The van der Waals surface area contributed by atoms with Crippen LogP contribution in [-0.2, 0) is 15.7 Å². The molecule has 9 heteroatoms. The molecule has 1 fully saturated rings. The Morgan fingerprint density at radius 2 is 1.70 bits per heavy atom. The Hall–Kier alpha value is -3.36. The van der Waals surface area contributed by atoms with Gasteiger partial charge in [-0.05, 0) is 29.8 Å². The highest BCUT2D eigenvalue weighted by atomic mass is 19.4. The lowest BCUT2D eigenvalue weighted by molar-refractivity contribution is -0.367.